The SMILES string of the molecule is O=C(CCc1ccccc1)Nc1cccc(N2C(=O)[C@H]3[C@@H]4CC[C@@H](C4)[C@@H]3C2=O)c1. The second-order valence-electron chi connectivity index (χ2n) is 8.48. The first-order valence-corrected chi connectivity index (χ1v) is 10.4. The summed E-state index contributed by atoms with van der Waals surface area (Å²) in [5, 5.41) is 2.90. The highest BCUT2D eigenvalue weighted by molar-refractivity contribution is 6.22. The van der Waals surface area contributed by atoms with E-state index in [1.165, 1.54) is 4.90 Å². The van der Waals surface area contributed by atoms with Crippen molar-refractivity contribution in [2.75, 3.05) is 10.2 Å². The van der Waals surface area contributed by atoms with Gasteiger partial charge in [-0.15, -0.1) is 0 Å². The van der Waals surface area contributed by atoms with Crippen molar-refractivity contribution in [3.05, 3.63) is 60.2 Å². The Bertz CT molecular complexity index is 943. The molecule has 0 radical (unpaired) electrons. The topological polar surface area (TPSA) is 66.5 Å². The smallest absolute Gasteiger partial charge is 0.237 e. The molecule has 3 aliphatic rings. The van der Waals surface area contributed by atoms with Gasteiger partial charge in [0.1, 0.15) is 0 Å². The molecule has 3 amide bonds. The van der Waals surface area contributed by atoms with E-state index in [4.69, 9.17) is 0 Å². The fourth-order valence-corrected chi connectivity index (χ4v) is 5.51. The molecule has 2 aromatic rings. The lowest BCUT2D eigenvalue weighted by atomic mass is 9.81. The van der Waals surface area contributed by atoms with E-state index in [9.17, 15) is 14.4 Å². The number of nitrogens with one attached hydrogen (secondary N) is 1. The Morgan fingerprint density at radius 2 is 1.62 bits per heavy atom. The highest BCUT2D eigenvalue weighted by Crippen LogP contribution is 2.56. The van der Waals surface area contributed by atoms with Crippen LogP contribution in [0.25, 0.3) is 0 Å². The standard InChI is InChI=1S/C24H24N2O3/c27-20(12-9-15-5-2-1-3-6-15)25-18-7-4-8-19(14-18)26-23(28)21-16-10-11-17(13-16)22(21)24(26)29/h1-8,14,16-17,21-22H,9-13H2,(H,25,27)/t16-,17+,21-,22-/m0/s1. The summed E-state index contributed by atoms with van der Waals surface area (Å²) < 4.78 is 0. The van der Waals surface area contributed by atoms with Crippen molar-refractivity contribution >= 4 is 29.1 Å². The molecule has 1 N–H and O–H groups in total. The van der Waals surface area contributed by atoms with E-state index in [2.05, 4.69) is 5.32 Å². The maximum Gasteiger partial charge on any atom is 0.237 e. The van der Waals surface area contributed by atoms with Crippen LogP contribution in [0.1, 0.15) is 31.2 Å². The van der Waals surface area contributed by atoms with Crippen LogP contribution < -0.4 is 10.2 Å². The molecule has 0 spiro atoms. The molecule has 29 heavy (non-hydrogen) atoms. The van der Waals surface area contributed by atoms with Gasteiger partial charge in [0.15, 0.2) is 0 Å². The first-order valence-electron chi connectivity index (χ1n) is 10.4. The van der Waals surface area contributed by atoms with Crippen molar-refractivity contribution in [1.82, 2.24) is 0 Å². The summed E-state index contributed by atoms with van der Waals surface area (Å²) in [6.45, 7) is 0. The highest BCUT2D eigenvalue weighted by Gasteiger charge is 2.61. The monoisotopic (exact) mass is 388 g/mol. The minimum Gasteiger partial charge on any atom is -0.326 e. The summed E-state index contributed by atoms with van der Waals surface area (Å²) in [5.41, 5.74) is 2.29. The predicted molar refractivity (Wildman–Crippen MR) is 110 cm³/mol. The quantitative estimate of drug-likeness (QED) is 0.793. The van der Waals surface area contributed by atoms with E-state index in [1.54, 1.807) is 24.3 Å². The van der Waals surface area contributed by atoms with E-state index in [-0.39, 0.29) is 29.6 Å². The fraction of sp³-hybridized carbons (Fsp3) is 0.375. The number of aryl methyl sites for hydroxylation is 1. The number of hydrogen-bond donors (Lipinski definition) is 1. The Morgan fingerprint density at radius 1 is 0.931 bits per heavy atom. The van der Waals surface area contributed by atoms with Crippen LogP contribution in [0.4, 0.5) is 11.4 Å². The molecule has 5 heteroatoms. The van der Waals surface area contributed by atoms with Gasteiger partial charge in [-0.1, -0.05) is 36.4 Å². The molecule has 0 aromatic heterocycles. The van der Waals surface area contributed by atoms with Crippen molar-refractivity contribution in [1.29, 1.82) is 0 Å². The zero-order valence-corrected chi connectivity index (χ0v) is 16.2. The molecule has 5 rings (SSSR count). The van der Waals surface area contributed by atoms with Crippen LogP contribution in [0.2, 0.25) is 0 Å². The number of anilines is 2. The number of amides is 3. The van der Waals surface area contributed by atoms with Gasteiger partial charge < -0.3 is 5.32 Å². The number of hydrogen-bond acceptors (Lipinski definition) is 3. The molecular formula is C24H24N2O3. The van der Waals surface area contributed by atoms with Gasteiger partial charge in [0, 0.05) is 12.1 Å². The van der Waals surface area contributed by atoms with Gasteiger partial charge in [-0.2, -0.15) is 0 Å². The van der Waals surface area contributed by atoms with Gasteiger partial charge in [-0.25, -0.2) is 4.90 Å². The van der Waals surface area contributed by atoms with Crippen LogP contribution in [0.15, 0.2) is 54.6 Å². The molecule has 2 saturated carbocycles. The number of carbonyl (C=O) groups excluding carboxylic acids is 3. The third-order valence-electron chi connectivity index (χ3n) is 6.80. The summed E-state index contributed by atoms with van der Waals surface area (Å²) >= 11 is 0. The largest absolute Gasteiger partial charge is 0.326 e. The molecule has 2 bridgehead atoms. The fourth-order valence-electron chi connectivity index (χ4n) is 5.51. The van der Waals surface area contributed by atoms with E-state index in [1.807, 2.05) is 30.3 Å². The summed E-state index contributed by atoms with van der Waals surface area (Å²) in [4.78, 5) is 39.7. The molecule has 1 aliphatic heterocycles. The third-order valence-corrected chi connectivity index (χ3v) is 6.80. The van der Waals surface area contributed by atoms with Crippen molar-refractivity contribution in [2.45, 2.75) is 32.1 Å². The van der Waals surface area contributed by atoms with Gasteiger partial charge in [0.05, 0.1) is 17.5 Å². The number of fused-ring (bicyclic) bond motifs is 5. The Kier molecular flexibility index (Phi) is 4.46. The molecule has 148 valence electrons. The Labute approximate surface area is 170 Å². The average Bonchev–Trinajstić information content (AvgIpc) is 3.41. The zero-order chi connectivity index (χ0) is 20.0. The van der Waals surface area contributed by atoms with E-state index < -0.39 is 0 Å². The first-order chi connectivity index (χ1) is 14.1. The van der Waals surface area contributed by atoms with Crippen LogP contribution >= 0.6 is 0 Å². The lowest BCUT2D eigenvalue weighted by Gasteiger charge is -2.19. The maximum atomic E-state index is 13.0. The van der Waals surface area contributed by atoms with Crippen LogP contribution in [-0.4, -0.2) is 17.7 Å². The third kappa shape index (κ3) is 3.15. The van der Waals surface area contributed by atoms with E-state index in [0.29, 0.717) is 36.1 Å². The van der Waals surface area contributed by atoms with Crippen LogP contribution in [0, 0.1) is 23.7 Å². The number of rotatable bonds is 5. The molecule has 1 saturated heterocycles. The summed E-state index contributed by atoms with van der Waals surface area (Å²) in [6.07, 6.45) is 4.20. The Morgan fingerprint density at radius 3 is 2.31 bits per heavy atom. The van der Waals surface area contributed by atoms with Gasteiger partial charge >= 0.3 is 0 Å². The van der Waals surface area contributed by atoms with Crippen LogP contribution in [-0.2, 0) is 20.8 Å². The van der Waals surface area contributed by atoms with Gasteiger partial charge in [0.25, 0.3) is 0 Å². The second kappa shape index (κ2) is 7.14. The zero-order valence-electron chi connectivity index (χ0n) is 16.2. The molecular weight excluding hydrogens is 364 g/mol. The lowest BCUT2D eigenvalue weighted by Crippen LogP contribution is -2.32. The van der Waals surface area contributed by atoms with Crippen LogP contribution in [0.5, 0.6) is 0 Å². The van der Waals surface area contributed by atoms with Crippen molar-refractivity contribution in [2.24, 2.45) is 23.7 Å². The number of carbonyl (C=O) groups is 3. The molecule has 1 heterocycles. The summed E-state index contributed by atoms with van der Waals surface area (Å²) in [7, 11) is 0. The summed E-state index contributed by atoms with van der Waals surface area (Å²) in [5.74, 6) is 0.273. The molecule has 5 nitrogen and oxygen atoms in total. The number of benzene rings is 2. The minimum atomic E-state index is -0.134. The average molecular weight is 388 g/mol. The Balaban J connectivity index is 1.28. The molecule has 2 aliphatic carbocycles. The van der Waals surface area contributed by atoms with E-state index >= 15 is 0 Å². The normalized spacial score (nSPS) is 27.4. The van der Waals surface area contributed by atoms with Crippen molar-refractivity contribution < 1.29 is 14.4 Å². The predicted octanol–water partition coefficient (Wildman–Crippen LogP) is 3.79. The highest BCUT2D eigenvalue weighted by atomic mass is 16.2. The van der Waals surface area contributed by atoms with Crippen molar-refractivity contribution in [3.8, 4) is 0 Å². The van der Waals surface area contributed by atoms with E-state index in [0.717, 1.165) is 24.8 Å². The Hall–Kier alpha value is -2.95. The molecule has 4 atom stereocenters. The first kappa shape index (κ1) is 18.1. The maximum absolute atomic E-state index is 13.0. The second-order valence-corrected chi connectivity index (χ2v) is 8.48. The van der Waals surface area contributed by atoms with Crippen molar-refractivity contribution in [3.63, 3.8) is 0 Å². The van der Waals surface area contributed by atoms with Crippen LogP contribution in [0.3, 0.4) is 0 Å². The number of nitrogens with zero attached hydrogens (tertiary/aromatic N) is 1. The molecule has 2 aromatic carbocycles. The summed E-state index contributed by atoms with van der Waals surface area (Å²) in [6, 6.07) is 17.0. The van der Waals surface area contributed by atoms with Gasteiger partial charge in [-0.3, -0.25) is 14.4 Å². The molecule has 0 unspecified atom stereocenters. The number of imide groups is 1. The minimum absolute atomic E-state index is 0.0558. The lowest BCUT2D eigenvalue weighted by molar-refractivity contribution is -0.123. The van der Waals surface area contributed by atoms with Gasteiger partial charge in [-0.05, 0) is 61.3 Å². The van der Waals surface area contributed by atoms with Gasteiger partial charge in [0.2, 0.25) is 17.7 Å². The molecule has 3 fully saturated rings.